The number of aryl methyl sites for hydroxylation is 2. The fourth-order valence-corrected chi connectivity index (χ4v) is 4.65. The Kier molecular flexibility index (Phi) is 5.56. The Morgan fingerprint density at radius 3 is 2.66 bits per heavy atom. The van der Waals surface area contributed by atoms with E-state index in [0.717, 1.165) is 6.07 Å². The first kappa shape index (κ1) is 20.7. The summed E-state index contributed by atoms with van der Waals surface area (Å²) in [6.45, 7) is 5.39. The zero-order valence-corrected chi connectivity index (χ0v) is 17.3. The van der Waals surface area contributed by atoms with Crippen LogP contribution in [0.1, 0.15) is 23.9 Å². The molecular weight excluding hydrogens is 399 g/mol. The van der Waals surface area contributed by atoms with E-state index in [9.17, 15) is 17.6 Å². The van der Waals surface area contributed by atoms with E-state index in [4.69, 9.17) is 4.74 Å². The maximum absolute atomic E-state index is 13.6. The molecule has 0 atom stereocenters. The second-order valence-corrected chi connectivity index (χ2v) is 8.25. The van der Waals surface area contributed by atoms with Crippen molar-refractivity contribution in [2.75, 3.05) is 19.0 Å². The summed E-state index contributed by atoms with van der Waals surface area (Å²) in [4.78, 5) is 16.0. The van der Waals surface area contributed by atoms with Crippen LogP contribution in [-0.4, -0.2) is 42.6 Å². The molecule has 8 nitrogen and oxygen atoms in total. The van der Waals surface area contributed by atoms with Gasteiger partial charge in [-0.25, -0.2) is 22.3 Å². The van der Waals surface area contributed by atoms with Crippen molar-refractivity contribution in [3.8, 4) is 0 Å². The molecule has 10 heteroatoms. The number of carbonyl (C=O) groups excluding carboxylic acids is 1. The summed E-state index contributed by atoms with van der Waals surface area (Å²) in [7, 11) is -2.57. The molecule has 0 aliphatic carbocycles. The Morgan fingerprint density at radius 2 is 2.03 bits per heavy atom. The summed E-state index contributed by atoms with van der Waals surface area (Å²) < 4.78 is 46.5. The summed E-state index contributed by atoms with van der Waals surface area (Å²) >= 11 is 0. The molecule has 29 heavy (non-hydrogen) atoms. The number of fused-ring (bicyclic) bond motifs is 1. The number of rotatable bonds is 6. The largest absolute Gasteiger partial charge is 0.466 e. The number of ether oxygens (including phenoxy) is 1. The van der Waals surface area contributed by atoms with Gasteiger partial charge in [0.1, 0.15) is 5.82 Å². The molecular formula is C19H21FN4O4S. The van der Waals surface area contributed by atoms with Crippen LogP contribution in [0.3, 0.4) is 0 Å². The molecule has 0 radical (unpaired) electrons. The predicted octanol–water partition coefficient (Wildman–Crippen LogP) is 2.47. The van der Waals surface area contributed by atoms with E-state index >= 15 is 0 Å². The molecule has 3 rings (SSSR count). The van der Waals surface area contributed by atoms with Gasteiger partial charge in [-0.2, -0.15) is 0 Å². The number of hydrogen-bond donors (Lipinski definition) is 1. The van der Waals surface area contributed by atoms with Crippen molar-refractivity contribution in [1.82, 2.24) is 14.6 Å². The molecule has 1 N–H and O–H groups in total. The van der Waals surface area contributed by atoms with Crippen LogP contribution in [0.15, 0.2) is 34.1 Å². The van der Waals surface area contributed by atoms with Gasteiger partial charge in [-0.1, -0.05) is 6.07 Å². The Morgan fingerprint density at radius 1 is 1.31 bits per heavy atom. The highest BCUT2D eigenvalue weighted by molar-refractivity contribution is 7.91. The Labute approximate surface area is 167 Å². The molecule has 3 aromatic rings. The summed E-state index contributed by atoms with van der Waals surface area (Å²) in [5.74, 6) is -0.989. The van der Waals surface area contributed by atoms with Crippen LogP contribution in [0.4, 0.5) is 10.2 Å². The molecule has 0 amide bonds. The number of hydrogen-bond acceptors (Lipinski definition) is 7. The van der Waals surface area contributed by atoms with Crippen molar-refractivity contribution in [2.45, 2.75) is 37.0 Å². The third-order valence-electron chi connectivity index (χ3n) is 4.52. The lowest BCUT2D eigenvalue weighted by Gasteiger charge is -2.11. The standard InChI is InChI=1S/C19H21FN4O4S/c1-5-28-16(25)10-15-11(2)22-19-17(18(21-4)23-24(19)12(15)3)29(26,27)14-8-6-7-13(20)9-14/h6-9H,5,10H2,1-4H3,(H,21,23). The minimum absolute atomic E-state index is 0.00479. The first-order valence-electron chi connectivity index (χ1n) is 8.93. The quantitative estimate of drug-likeness (QED) is 0.611. The van der Waals surface area contributed by atoms with Crippen LogP contribution >= 0.6 is 0 Å². The highest BCUT2D eigenvalue weighted by Crippen LogP contribution is 2.32. The van der Waals surface area contributed by atoms with Gasteiger partial charge in [0.25, 0.3) is 0 Å². The number of sulfone groups is 1. The van der Waals surface area contributed by atoms with Gasteiger partial charge in [0.15, 0.2) is 16.4 Å². The smallest absolute Gasteiger partial charge is 0.310 e. The maximum atomic E-state index is 13.6. The first-order valence-corrected chi connectivity index (χ1v) is 10.4. The van der Waals surface area contributed by atoms with Crippen molar-refractivity contribution in [3.63, 3.8) is 0 Å². The second-order valence-electron chi connectivity index (χ2n) is 6.37. The van der Waals surface area contributed by atoms with E-state index in [2.05, 4.69) is 15.4 Å². The van der Waals surface area contributed by atoms with Crippen LogP contribution in [0, 0.1) is 19.7 Å². The Bertz CT molecular complexity index is 1200. The van der Waals surface area contributed by atoms with Gasteiger partial charge in [-0.05, 0) is 39.0 Å². The van der Waals surface area contributed by atoms with E-state index in [-0.39, 0.29) is 34.3 Å². The summed E-state index contributed by atoms with van der Waals surface area (Å²) in [5.41, 5.74) is 1.76. The minimum atomic E-state index is -4.11. The zero-order chi connectivity index (χ0) is 21.3. The number of aromatic nitrogens is 3. The molecule has 1 aromatic carbocycles. The molecule has 154 valence electrons. The highest BCUT2D eigenvalue weighted by atomic mass is 32.2. The monoisotopic (exact) mass is 420 g/mol. The van der Waals surface area contributed by atoms with E-state index in [0.29, 0.717) is 17.0 Å². The van der Waals surface area contributed by atoms with Crippen LogP contribution in [-0.2, 0) is 25.8 Å². The Hall–Kier alpha value is -3.01. The average molecular weight is 420 g/mol. The third-order valence-corrected chi connectivity index (χ3v) is 6.31. The number of nitrogens with one attached hydrogen (secondary N) is 1. The SMILES string of the molecule is CCOC(=O)Cc1c(C)nc2c(S(=O)(=O)c3cccc(F)c3)c(NC)nn2c1C. The van der Waals surface area contributed by atoms with Crippen LogP contribution in [0.5, 0.6) is 0 Å². The lowest BCUT2D eigenvalue weighted by molar-refractivity contribution is -0.142. The van der Waals surface area contributed by atoms with Gasteiger partial charge < -0.3 is 10.1 Å². The summed E-state index contributed by atoms with van der Waals surface area (Å²) in [5, 5.41) is 7.08. The average Bonchev–Trinajstić information content (AvgIpc) is 3.04. The normalized spacial score (nSPS) is 11.6. The van der Waals surface area contributed by atoms with Crippen molar-refractivity contribution >= 4 is 27.3 Å². The van der Waals surface area contributed by atoms with E-state index in [1.165, 1.54) is 29.8 Å². The van der Waals surface area contributed by atoms with Crippen LogP contribution in [0.25, 0.3) is 5.65 Å². The maximum Gasteiger partial charge on any atom is 0.310 e. The molecule has 0 saturated carbocycles. The highest BCUT2D eigenvalue weighted by Gasteiger charge is 2.30. The molecule has 0 saturated heterocycles. The number of anilines is 1. The molecule has 0 aliphatic heterocycles. The Balaban J connectivity index is 2.25. The predicted molar refractivity (Wildman–Crippen MR) is 104 cm³/mol. The molecule has 0 bridgehead atoms. The summed E-state index contributed by atoms with van der Waals surface area (Å²) in [6.07, 6.45) is -0.00479. The molecule has 0 spiro atoms. The minimum Gasteiger partial charge on any atom is -0.466 e. The van der Waals surface area contributed by atoms with Gasteiger partial charge >= 0.3 is 5.97 Å². The second kappa shape index (κ2) is 7.78. The number of carbonyl (C=O) groups is 1. The van der Waals surface area contributed by atoms with Gasteiger partial charge in [-0.15, -0.1) is 5.10 Å². The van der Waals surface area contributed by atoms with Gasteiger partial charge in [0.2, 0.25) is 9.84 Å². The van der Waals surface area contributed by atoms with Crippen molar-refractivity contribution in [3.05, 3.63) is 47.0 Å². The number of nitrogens with zero attached hydrogens (tertiary/aromatic N) is 3. The summed E-state index contributed by atoms with van der Waals surface area (Å²) in [6, 6.07) is 4.76. The van der Waals surface area contributed by atoms with E-state index in [1.54, 1.807) is 20.8 Å². The third kappa shape index (κ3) is 3.67. The van der Waals surface area contributed by atoms with Gasteiger partial charge in [-0.3, -0.25) is 4.79 Å². The van der Waals surface area contributed by atoms with Crippen molar-refractivity contribution in [2.24, 2.45) is 0 Å². The van der Waals surface area contributed by atoms with Crippen LogP contribution in [0.2, 0.25) is 0 Å². The van der Waals surface area contributed by atoms with Crippen molar-refractivity contribution in [1.29, 1.82) is 0 Å². The van der Waals surface area contributed by atoms with E-state index in [1.807, 2.05) is 0 Å². The lowest BCUT2D eigenvalue weighted by Crippen LogP contribution is -2.13. The van der Waals surface area contributed by atoms with E-state index < -0.39 is 21.6 Å². The molecule has 0 fully saturated rings. The van der Waals surface area contributed by atoms with Crippen LogP contribution < -0.4 is 5.32 Å². The molecule has 2 aromatic heterocycles. The zero-order valence-electron chi connectivity index (χ0n) is 16.5. The molecule has 0 aliphatic rings. The topological polar surface area (TPSA) is 103 Å². The van der Waals surface area contributed by atoms with Gasteiger partial charge in [0.05, 0.1) is 17.9 Å². The lowest BCUT2D eigenvalue weighted by atomic mass is 10.1. The fourth-order valence-electron chi connectivity index (χ4n) is 3.12. The fraction of sp³-hybridized carbons (Fsp3) is 0.316. The molecule has 0 unspecified atom stereocenters. The van der Waals surface area contributed by atoms with Crippen molar-refractivity contribution < 1.29 is 22.3 Å². The number of halogens is 1. The first-order chi connectivity index (χ1) is 13.7. The van der Waals surface area contributed by atoms with Gasteiger partial charge in [0, 0.05) is 24.0 Å². The molecule has 2 heterocycles. The number of benzene rings is 1. The number of esters is 1.